The second kappa shape index (κ2) is 6.97. The van der Waals surface area contributed by atoms with Gasteiger partial charge in [0, 0.05) is 5.02 Å². The van der Waals surface area contributed by atoms with Crippen molar-refractivity contribution in [2.45, 2.75) is 13.0 Å². The van der Waals surface area contributed by atoms with Crippen molar-refractivity contribution in [1.29, 1.82) is 5.26 Å². The van der Waals surface area contributed by atoms with Crippen LogP contribution in [0.2, 0.25) is 5.02 Å². The van der Waals surface area contributed by atoms with Crippen molar-refractivity contribution >= 4 is 17.5 Å². The lowest BCUT2D eigenvalue weighted by Crippen LogP contribution is -2.27. The molecule has 1 unspecified atom stereocenters. The number of amides is 1. The molecule has 4 nitrogen and oxygen atoms in total. The maximum atomic E-state index is 12.4. The molecular weight excluding hydrogens is 300 g/mol. The Morgan fingerprint density at radius 3 is 2.55 bits per heavy atom. The largest absolute Gasteiger partial charge is 0.496 e. The summed E-state index contributed by atoms with van der Waals surface area (Å²) in [6.07, 6.45) is 0. The topological polar surface area (TPSA) is 62.1 Å². The number of halogens is 1. The van der Waals surface area contributed by atoms with Gasteiger partial charge in [-0.2, -0.15) is 5.26 Å². The molecule has 0 aromatic heterocycles. The highest BCUT2D eigenvalue weighted by Crippen LogP contribution is 2.23. The third kappa shape index (κ3) is 3.57. The quantitative estimate of drug-likeness (QED) is 0.935. The van der Waals surface area contributed by atoms with E-state index in [0.29, 0.717) is 21.9 Å². The molecule has 1 atom stereocenters. The van der Waals surface area contributed by atoms with E-state index in [-0.39, 0.29) is 11.9 Å². The molecule has 22 heavy (non-hydrogen) atoms. The lowest BCUT2D eigenvalue weighted by atomic mass is 10.1. The van der Waals surface area contributed by atoms with E-state index >= 15 is 0 Å². The fraction of sp³-hybridized carbons (Fsp3) is 0.176. The Kier molecular flexibility index (Phi) is 5.03. The Morgan fingerprint density at radius 2 is 1.95 bits per heavy atom. The highest BCUT2D eigenvalue weighted by Gasteiger charge is 2.16. The molecule has 2 aromatic rings. The van der Waals surface area contributed by atoms with Crippen LogP contribution in [0.5, 0.6) is 5.75 Å². The first kappa shape index (κ1) is 15.9. The van der Waals surface area contributed by atoms with E-state index in [9.17, 15) is 4.79 Å². The van der Waals surface area contributed by atoms with Gasteiger partial charge < -0.3 is 10.1 Å². The van der Waals surface area contributed by atoms with Crippen LogP contribution in [-0.2, 0) is 0 Å². The number of methoxy groups -OCH3 is 1. The number of ether oxygens (including phenoxy) is 1. The van der Waals surface area contributed by atoms with Crippen molar-refractivity contribution in [1.82, 2.24) is 5.32 Å². The van der Waals surface area contributed by atoms with Gasteiger partial charge in [-0.25, -0.2) is 0 Å². The van der Waals surface area contributed by atoms with Crippen molar-refractivity contribution < 1.29 is 9.53 Å². The van der Waals surface area contributed by atoms with Crippen LogP contribution in [0, 0.1) is 11.3 Å². The third-order valence-electron chi connectivity index (χ3n) is 3.29. The molecule has 0 spiro atoms. The minimum Gasteiger partial charge on any atom is -0.496 e. The molecule has 112 valence electrons. The summed E-state index contributed by atoms with van der Waals surface area (Å²) >= 11 is 5.94. The molecule has 0 saturated heterocycles. The molecule has 2 rings (SSSR count). The molecule has 2 aromatic carbocycles. The first-order chi connectivity index (χ1) is 10.5. The third-order valence-corrected chi connectivity index (χ3v) is 3.53. The van der Waals surface area contributed by atoms with Crippen LogP contribution in [0.25, 0.3) is 0 Å². The molecule has 5 heteroatoms. The zero-order chi connectivity index (χ0) is 16.1. The van der Waals surface area contributed by atoms with Crippen LogP contribution in [0.4, 0.5) is 0 Å². The molecule has 0 heterocycles. The van der Waals surface area contributed by atoms with Gasteiger partial charge in [-0.3, -0.25) is 4.79 Å². The van der Waals surface area contributed by atoms with Gasteiger partial charge in [-0.15, -0.1) is 0 Å². The van der Waals surface area contributed by atoms with Gasteiger partial charge in [-0.05, 0) is 42.8 Å². The van der Waals surface area contributed by atoms with Crippen molar-refractivity contribution in [3.63, 3.8) is 0 Å². The monoisotopic (exact) mass is 314 g/mol. The number of nitriles is 1. The summed E-state index contributed by atoms with van der Waals surface area (Å²) in [6, 6.07) is 13.8. The Balaban J connectivity index is 2.17. The first-order valence-corrected chi connectivity index (χ1v) is 7.07. The molecule has 0 aliphatic rings. The molecule has 0 saturated carbocycles. The highest BCUT2D eigenvalue weighted by molar-refractivity contribution is 6.31. The van der Waals surface area contributed by atoms with E-state index in [1.165, 1.54) is 7.11 Å². The van der Waals surface area contributed by atoms with Crippen LogP contribution in [0.15, 0.2) is 42.5 Å². The SMILES string of the molecule is COc1ccc(Cl)cc1C(=O)NC(C)c1ccc(C#N)cc1. The molecule has 0 aliphatic carbocycles. The van der Waals surface area contributed by atoms with E-state index < -0.39 is 0 Å². The number of benzene rings is 2. The highest BCUT2D eigenvalue weighted by atomic mass is 35.5. The van der Waals surface area contributed by atoms with Gasteiger partial charge in [0.05, 0.1) is 30.3 Å². The molecule has 0 bridgehead atoms. The predicted molar refractivity (Wildman–Crippen MR) is 85.0 cm³/mol. The van der Waals surface area contributed by atoms with Crippen molar-refractivity contribution in [3.8, 4) is 11.8 Å². The summed E-state index contributed by atoms with van der Waals surface area (Å²) in [6.45, 7) is 1.87. The van der Waals surface area contributed by atoms with Gasteiger partial charge in [0.1, 0.15) is 5.75 Å². The predicted octanol–water partition coefficient (Wildman–Crippen LogP) is 3.71. The Bertz CT molecular complexity index is 720. The van der Waals surface area contributed by atoms with E-state index in [1.54, 1.807) is 30.3 Å². The van der Waals surface area contributed by atoms with E-state index in [2.05, 4.69) is 11.4 Å². The zero-order valence-corrected chi connectivity index (χ0v) is 13.0. The lowest BCUT2D eigenvalue weighted by molar-refractivity contribution is 0.0937. The molecular formula is C17H15ClN2O2. The molecule has 0 aliphatic heterocycles. The number of hydrogen-bond donors (Lipinski definition) is 1. The van der Waals surface area contributed by atoms with Crippen molar-refractivity contribution in [2.24, 2.45) is 0 Å². The van der Waals surface area contributed by atoms with E-state index in [4.69, 9.17) is 21.6 Å². The summed E-state index contributed by atoms with van der Waals surface area (Å²) in [5.41, 5.74) is 1.88. The zero-order valence-electron chi connectivity index (χ0n) is 12.3. The number of carbonyl (C=O) groups excluding carboxylic acids is 1. The second-order valence-corrected chi connectivity index (χ2v) is 5.21. The fourth-order valence-electron chi connectivity index (χ4n) is 2.06. The van der Waals surface area contributed by atoms with Gasteiger partial charge >= 0.3 is 0 Å². The summed E-state index contributed by atoms with van der Waals surface area (Å²) in [7, 11) is 1.50. The van der Waals surface area contributed by atoms with Gasteiger partial charge in [0.15, 0.2) is 0 Å². The van der Waals surface area contributed by atoms with Crippen LogP contribution < -0.4 is 10.1 Å². The molecule has 0 radical (unpaired) electrons. The first-order valence-electron chi connectivity index (χ1n) is 6.69. The van der Waals surface area contributed by atoms with Crippen molar-refractivity contribution in [3.05, 3.63) is 64.2 Å². The van der Waals surface area contributed by atoms with Crippen molar-refractivity contribution in [2.75, 3.05) is 7.11 Å². The number of hydrogen-bond acceptors (Lipinski definition) is 3. The Morgan fingerprint density at radius 1 is 1.27 bits per heavy atom. The molecule has 1 N–H and O–H groups in total. The van der Waals surface area contributed by atoms with Gasteiger partial charge in [0.25, 0.3) is 5.91 Å². The fourth-order valence-corrected chi connectivity index (χ4v) is 2.23. The maximum Gasteiger partial charge on any atom is 0.255 e. The average Bonchev–Trinajstić information content (AvgIpc) is 2.54. The number of carbonyl (C=O) groups is 1. The number of rotatable bonds is 4. The number of nitrogens with one attached hydrogen (secondary N) is 1. The van der Waals surface area contributed by atoms with E-state index in [0.717, 1.165) is 5.56 Å². The summed E-state index contributed by atoms with van der Waals surface area (Å²) < 4.78 is 5.18. The van der Waals surface area contributed by atoms with Gasteiger partial charge in [-0.1, -0.05) is 23.7 Å². The maximum absolute atomic E-state index is 12.4. The number of nitrogens with zero attached hydrogens (tertiary/aromatic N) is 1. The van der Waals surface area contributed by atoms with Crippen LogP contribution in [0.3, 0.4) is 0 Å². The minimum atomic E-state index is -0.267. The smallest absolute Gasteiger partial charge is 0.255 e. The normalized spacial score (nSPS) is 11.4. The molecule has 1 amide bonds. The Labute approximate surface area is 134 Å². The van der Waals surface area contributed by atoms with Gasteiger partial charge in [0.2, 0.25) is 0 Å². The van der Waals surface area contributed by atoms with Crippen LogP contribution in [-0.4, -0.2) is 13.0 Å². The van der Waals surface area contributed by atoms with E-state index in [1.807, 2.05) is 19.1 Å². The van der Waals surface area contributed by atoms with Crippen LogP contribution in [0.1, 0.15) is 34.5 Å². The molecule has 0 fully saturated rings. The second-order valence-electron chi connectivity index (χ2n) is 4.77. The summed E-state index contributed by atoms with van der Waals surface area (Å²) in [4.78, 5) is 12.4. The Hall–Kier alpha value is -2.51. The van der Waals surface area contributed by atoms with Crippen LogP contribution >= 0.6 is 11.6 Å². The standard InChI is InChI=1S/C17H15ClN2O2/c1-11(13-5-3-12(10-19)4-6-13)20-17(21)15-9-14(18)7-8-16(15)22-2/h3-9,11H,1-2H3,(H,20,21). The average molecular weight is 315 g/mol. The minimum absolute atomic E-state index is 0.205. The summed E-state index contributed by atoms with van der Waals surface area (Å²) in [5, 5.41) is 12.2. The summed E-state index contributed by atoms with van der Waals surface area (Å²) in [5.74, 6) is 0.199. The lowest BCUT2D eigenvalue weighted by Gasteiger charge is -2.16.